The molecule has 1 amide bonds. The average molecular weight is 620 g/mol. The Labute approximate surface area is 266 Å². The van der Waals surface area contributed by atoms with Gasteiger partial charge in [-0.2, -0.15) is 5.26 Å². The van der Waals surface area contributed by atoms with E-state index in [1.54, 1.807) is 23.4 Å². The van der Waals surface area contributed by atoms with E-state index in [4.69, 9.17) is 12.2 Å². The fraction of sp³-hybridized carbons (Fsp3) is 0.529. The van der Waals surface area contributed by atoms with Crippen LogP contribution in [0.5, 0.6) is 0 Å². The van der Waals surface area contributed by atoms with Crippen molar-refractivity contribution in [1.29, 1.82) is 5.26 Å². The normalized spacial score (nSPS) is 16.4. The second kappa shape index (κ2) is 16.1. The van der Waals surface area contributed by atoms with E-state index in [0.29, 0.717) is 34.4 Å². The number of benzene rings is 1. The molecule has 43 heavy (non-hydrogen) atoms. The van der Waals surface area contributed by atoms with E-state index >= 15 is 0 Å². The van der Waals surface area contributed by atoms with Gasteiger partial charge in [-0.1, -0.05) is 107 Å². The number of nitriles is 1. The molecular weight excluding hydrogens is 575 g/mol. The van der Waals surface area contributed by atoms with Crippen LogP contribution in [0.2, 0.25) is 0 Å². The van der Waals surface area contributed by atoms with Gasteiger partial charge in [-0.05, 0) is 37.1 Å². The summed E-state index contributed by atoms with van der Waals surface area (Å²) in [6.45, 7) is 7.72. The Morgan fingerprint density at radius 3 is 2.09 bits per heavy atom. The number of para-hydroxylation sites is 1. The van der Waals surface area contributed by atoms with Crippen LogP contribution in [-0.2, 0) is 11.8 Å². The van der Waals surface area contributed by atoms with Crippen molar-refractivity contribution in [1.82, 2.24) is 9.47 Å². The molecule has 2 fully saturated rings. The van der Waals surface area contributed by atoms with Gasteiger partial charge in [0.2, 0.25) is 0 Å². The summed E-state index contributed by atoms with van der Waals surface area (Å²) in [5, 5.41) is 9.82. The summed E-state index contributed by atoms with van der Waals surface area (Å²) in [4.78, 5) is 33.5. The van der Waals surface area contributed by atoms with E-state index in [2.05, 4.69) is 34.9 Å². The van der Waals surface area contributed by atoms with Gasteiger partial charge < -0.3 is 9.80 Å². The van der Waals surface area contributed by atoms with Gasteiger partial charge in [-0.3, -0.25) is 19.1 Å². The van der Waals surface area contributed by atoms with Crippen molar-refractivity contribution in [3.63, 3.8) is 0 Å². The van der Waals surface area contributed by atoms with Crippen molar-refractivity contribution < 1.29 is 4.79 Å². The first-order chi connectivity index (χ1) is 20.9. The zero-order valence-corrected chi connectivity index (χ0v) is 27.6. The van der Waals surface area contributed by atoms with Gasteiger partial charge >= 0.3 is 0 Å². The number of thioether (sulfide) groups is 1. The smallest absolute Gasteiger partial charge is 0.270 e. The van der Waals surface area contributed by atoms with Gasteiger partial charge in [-0.25, -0.2) is 0 Å². The van der Waals surface area contributed by atoms with E-state index in [-0.39, 0.29) is 17.0 Å². The van der Waals surface area contributed by atoms with Crippen LogP contribution in [0.3, 0.4) is 0 Å². The molecule has 0 N–H and O–H groups in total. The Kier molecular flexibility index (Phi) is 12.3. The molecule has 1 aromatic carbocycles. The van der Waals surface area contributed by atoms with Gasteiger partial charge in [-0.15, -0.1) is 0 Å². The van der Waals surface area contributed by atoms with Crippen molar-refractivity contribution >= 4 is 51.8 Å². The lowest BCUT2D eigenvalue weighted by Gasteiger charge is -2.38. The van der Waals surface area contributed by atoms with Gasteiger partial charge in [0, 0.05) is 51.0 Å². The number of amides is 1. The third-order valence-corrected chi connectivity index (χ3v) is 9.93. The molecule has 2 saturated heterocycles. The van der Waals surface area contributed by atoms with E-state index in [0.717, 1.165) is 37.3 Å². The Morgan fingerprint density at radius 2 is 1.49 bits per heavy atom. The molecule has 0 unspecified atom stereocenters. The standard InChI is InChI=1S/C34H45N5O2S2/c1-4-5-6-7-8-9-10-11-12-16-19-39-33(41)30(43-34(39)42)24-28-26(2)29(25-35)32(40)36(3)31(28)38-22-20-37(21-23-38)27-17-14-13-15-18-27/h13-15,17-18,24H,4-12,16,19-23H2,1-3H3. The second-order valence-electron chi connectivity index (χ2n) is 11.5. The minimum atomic E-state index is -0.314. The van der Waals surface area contributed by atoms with Gasteiger partial charge in [0.05, 0.1) is 4.91 Å². The number of nitrogens with zero attached hydrogens (tertiary/aromatic N) is 5. The minimum absolute atomic E-state index is 0.0856. The first-order valence-electron chi connectivity index (χ1n) is 15.8. The summed E-state index contributed by atoms with van der Waals surface area (Å²) in [6.07, 6.45) is 14.2. The molecule has 0 radical (unpaired) electrons. The number of pyridine rings is 1. The first-order valence-corrected chi connectivity index (χ1v) is 17.0. The molecule has 2 aliphatic heterocycles. The van der Waals surface area contributed by atoms with Crippen LogP contribution >= 0.6 is 24.0 Å². The third kappa shape index (κ3) is 8.10. The minimum Gasteiger partial charge on any atom is -0.368 e. The topological polar surface area (TPSA) is 72.6 Å². The third-order valence-electron chi connectivity index (χ3n) is 8.55. The summed E-state index contributed by atoms with van der Waals surface area (Å²) in [5.41, 5.74) is 2.32. The predicted octanol–water partition coefficient (Wildman–Crippen LogP) is 7.01. The van der Waals surface area contributed by atoms with Crippen LogP contribution in [0.25, 0.3) is 6.08 Å². The molecule has 0 saturated carbocycles. The van der Waals surface area contributed by atoms with Crippen molar-refractivity contribution in [2.75, 3.05) is 42.5 Å². The maximum absolute atomic E-state index is 13.5. The van der Waals surface area contributed by atoms with Crippen molar-refractivity contribution in [2.24, 2.45) is 7.05 Å². The molecule has 0 bridgehead atoms. The Bertz CT molecular complexity index is 1400. The fourth-order valence-electron chi connectivity index (χ4n) is 5.99. The Balaban J connectivity index is 1.45. The van der Waals surface area contributed by atoms with Crippen LogP contribution < -0.4 is 15.4 Å². The lowest BCUT2D eigenvalue weighted by Crippen LogP contribution is -2.48. The highest BCUT2D eigenvalue weighted by atomic mass is 32.2. The lowest BCUT2D eigenvalue weighted by atomic mass is 10.0. The van der Waals surface area contributed by atoms with Gasteiger partial charge in [0.1, 0.15) is 21.8 Å². The molecule has 0 spiro atoms. The summed E-state index contributed by atoms with van der Waals surface area (Å²) in [5.74, 6) is 0.659. The number of hydrogen-bond donors (Lipinski definition) is 0. The highest BCUT2D eigenvalue weighted by Gasteiger charge is 2.33. The number of rotatable bonds is 14. The van der Waals surface area contributed by atoms with Crippen LogP contribution in [0.15, 0.2) is 40.0 Å². The number of hydrogen-bond acceptors (Lipinski definition) is 7. The summed E-state index contributed by atoms with van der Waals surface area (Å²) < 4.78 is 2.15. The molecule has 0 aliphatic carbocycles. The molecule has 0 atom stereocenters. The monoisotopic (exact) mass is 619 g/mol. The van der Waals surface area contributed by atoms with Crippen LogP contribution in [0.1, 0.15) is 87.8 Å². The van der Waals surface area contributed by atoms with Crippen LogP contribution in [-0.4, -0.2) is 52.4 Å². The zero-order valence-electron chi connectivity index (χ0n) is 25.9. The highest BCUT2D eigenvalue weighted by molar-refractivity contribution is 8.26. The molecule has 2 aliphatic rings. The first kappa shape index (κ1) is 32.8. The maximum Gasteiger partial charge on any atom is 0.270 e. The van der Waals surface area contributed by atoms with Crippen molar-refractivity contribution in [2.45, 2.75) is 78.1 Å². The summed E-state index contributed by atoms with van der Waals surface area (Å²) >= 11 is 6.95. The molecule has 4 rings (SSSR count). The SMILES string of the molecule is CCCCCCCCCCCCN1C(=O)C(=Cc2c(C)c(C#N)c(=O)n(C)c2N2CCN(c3ccccc3)CC2)SC1=S. The van der Waals surface area contributed by atoms with Gasteiger partial charge in [0.15, 0.2) is 0 Å². The quantitative estimate of drug-likeness (QED) is 0.128. The molecule has 3 heterocycles. The Hall–Kier alpha value is -3.09. The maximum atomic E-state index is 13.5. The van der Waals surface area contributed by atoms with E-state index in [1.807, 2.05) is 24.3 Å². The number of aromatic nitrogens is 1. The number of unbranched alkanes of at least 4 members (excludes halogenated alkanes) is 9. The largest absolute Gasteiger partial charge is 0.368 e. The highest BCUT2D eigenvalue weighted by Crippen LogP contribution is 2.36. The number of piperazine rings is 1. The van der Waals surface area contributed by atoms with Crippen molar-refractivity contribution in [3.05, 3.63) is 62.3 Å². The van der Waals surface area contributed by atoms with Crippen LogP contribution in [0, 0.1) is 18.3 Å². The molecule has 9 heteroatoms. The van der Waals surface area contributed by atoms with Crippen molar-refractivity contribution in [3.8, 4) is 6.07 Å². The van der Waals surface area contributed by atoms with E-state index < -0.39 is 0 Å². The van der Waals surface area contributed by atoms with E-state index in [9.17, 15) is 14.9 Å². The predicted molar refractivity (Wildman–Crippen MR) is 184 cm³/mol. The number of carbonyl (C=O) groups excluding carboxylic acids is 1. The molecule has 7 nitrogen and oxygen atoms in total. The van der Waals surface area contributed by atoms with Gasteiger partial charge in [0.25, 0.3) is 11.5 Å². The number of carbonyl (C=O) groups is 1. The molecular formula is C34H45N5O2S2. The summed E-state index contributed by atoms with van der Waals surface area (Å²) in [7, 11) is 1.72. The van der Waals surface area contributed by atoms with Crippen LogP contribution in [0.4, 0.5) is 11.5 Å². The average Bonchev–Trinajstić information content (AvgIpc) is 3.29. The zero-order chi connectivity index (χ0) is 30.8. The number of thiocarbonyl (C=S) groups is 1. The molecule has 2 aromatic rings. The lowest BCUT2D eigenvalue weighted by molar-refractivity contribution is -0.122. The van der Waals surface area contributed by atoms with E-state index in [1.165, 1.54) is 68.8 Å². The number of anilines is 2. The molecule has 230 valence electrons. The molecule has 1 aromatic heterocycles. The summed E-state index contributed by atoms with van der Waals surface area (Å²) in [6, 6.07) is 12.4. The Morgan fingerprint density at radius 1 is 0.907 bits per heavy atom. The second-order valence-corrected chi connectivity index (χ2v) is 13.2. The fourth-order valence-corrected chi connectivity index (χ4v) is 7.28.